The van der Waals surface area contributed by atoms with Crippen LogP contribution in [0.25, 0.3) is 0 Å². The van der Waals surface area contributed by atoms with Gasteiger partial charge in [-0.2, -0.15) is 0 Å². The Morgan fingerprint density at radius 2 is 1.94 bits per heavy atom. The Morgan fingerprint density at radius 1 is 1.33 bits per heavy atom. The summed E-state index contributed by atoms with van der Waals surface area (Å²) in [5.74, 6) is -0.0338. The molecule has 0 heterocycles. The Labute approximate surface area is 108 Å². The number of hydrogen-bond donors (Lipinski definition) is 3. The molecule has 0 aliphatic rings. The van der Waals surface area contributed by atoms with E-state index in [9.17, 15) is 9.90 Å². The average molecular weight is 250 g/mol. The molecule has 0 bridgehead atoms. The van der Waals surface area contributed by atoms with Gasteiger partial charge >= 0.3 is 0 Å². The van der Waals surface area contributed by atoms with Crippen molar-refractivity contribution >= 4 is 5.91 Å². The Bertz CT molecular complexity index is 430. The number of carbonyl (C=O) groups excluding carboxylic acids is 1. The molecule has 4 N–H and O–H groups in total. The molecule has 100 valence electrons. The second-order valence-corrected chi connectivity index (χ2v) is 5.07. The van der Waals surface area contributed by atoms with Crippen LogP contribution in [0.3, 0.4) is 0 Å². The number of benzene rings is 1. The standard InChI is InChI=1S/C14H22N2O2/c1-8(2)13(14(15)18)16-10(4)11-7-9(3)5-6-12(11)17/h5-8,10,13,16-17H,1-4H3,(H2,15,18). The first kappa shape index (κ1) is 14.5. The van der Waals surface area contributed by atoms with Gasteiger partial charge in [0.2, 0.25) is 5.91 Å². The van der Waals surface area contributed by atoms with Crippen LogP contribution in [0.4, 0.5) is 0 Å². The van der Waals surface area contributed by atoms with E-state index in [0.717, 1.165) is 11.1 Å². The van der Waals surface area contributed by atoms with Gasteiger partial charge in [0.05, 0.1) is 6.04 Å². The quantitative estimate of drug-likeness (QED) is 0.746. The largest absolute Gasteiger partial charge is 0.508 e. The number of nitrogens with one attached hydrogen (secondary N) is 1. The maximum Gasteiger partial charge on any atom is 0.234 e. The zero-order valence-corrected chi connectivity index (χ0v) is 11.4. The van der Waals surface area contributed by atoms with E-state index in [4.69, 9.17) is 5.73 Å². The molecule has 1 aromatic carbocycles. The first-order valence-electron chi connectivity index (χ1n) is 6.17. The third kappa shape index (κ3) is 3.47. The van der Waals surface area contributed by atoms with Crippen LogP contribution in [0.1, 0.15) is 37.9 Å². The Balaban J connectivity index is 2.90. The van der Waals surface area contributed by atoms with E-state index in [1.807, 2.05) is 39.8 Å². The number of hydrogen-bond acceptors (Lipinski definition) is 3. The van der Waals surface area contributed by atoms with Gasteiger partial charge in [-0.05, 0) is 25.8 Å². The summed E-state index contributed by atoms with van der Waals surface area (Å²) >= 11 is 0. The molecule has 2 unspecified atom stereocenters. The summed E-state index contributed by atoms with van der Waals surface area (Å²) < 4.78 is 0. The van der Waals surface area contributed by atoms with Gasteiger partial charge in [-0.15, -0.1) is 0 Å². The molecule has 0 radical (unpaired) electrons. The highest BCUT2D eigenvalue weighted by Crippen LogP contribution is 2.25. The molecular weight excluding hydrogens is 228 g/mol. The minimum absolute atomic E-state index is 0.108. The van der Waals surface area contributed by atoms with E-state index in [2.05, 4.69) is 5.32 Å². The van der Waals surface area contributed by atoms with Crippen molar-refractivity contribution in [2.45, 2.75) is 39.8 Å². The van der Waals surface area contributed by atoms with Crippen molar-refractivity contribution in [1.82, 2.24) is 5.32 Å². The number of amides is 1. The van der Waals surface area contributed by atoms with Crippen LogP contribution in [0.2, 0.25) is 0 Å². The lowest BCUT2D eigenvalue weighted by Crippen LogP contribution is -2.45. The van der Waals surface area contributed by atoms with Crippen molar-refractivity contribution < 1.29 is 9.90 Å². The summed E-state index contributed by atoms with van der Waals surface area (Å²) in [6.45, 7) is 7.74. The lowest BCUT2D eigenvalue weighted by atomic mass is 9.99. The van der Waals surface area contributed by atoms with Crippen LogP contribution in [0, 0.1) is 12.8 Å². The van der Waals surface area contributed by atoms with Crippen LogP contribution in [-0.4, -0.2) is 17.1 Å². The predicted molar refractivity (Wildman–Crippen MR) is 72.2 cm³/mol. The third-order valence-electron chi connectivity index (χ3n) is 3.05. The second kappa shape index (κ2) is 5.87. The summed E-state index contributed by atoms with van der Waals surface area (Å²) in [6.07, 6.45) is 0. The Hall–Kier alpha value is -1.55. The van der Waals surface area contributed by atoms with Crippen molar-refractivity contribution in [1.29, 1.82) is 0 Å². The number of nitrogens with two attached hydrogens (primary N) is 1. The van der Waals surface area contributed by atoms with Crippen LogP contribution in [-0.2, 0) is 4.79 Å². The summed E-state index contributed by atoms with van der Waals surface area (Å²) in [6, 6.07) is 4.88. The number of carbonyl (C=O) groups is 1. The fraction of sp³-hybridized carbons (Fsp3) is 0.500. The topological polar surface area (TPSA) is 75.3 Å². The van der Waals surface area contributed by atoms with Crippen LogP contribution in [0.15, 0.2) is 18.2 Å². The van der Waals surface area contributed by atoms with E-state index in [-0.39, 0.29) is 23.6 Å². The van der Waals surface area contributed by atoms with E-state index < -0.39 is 6.04 Å². The van der Waals surface area contributed by atoms with Gasteiger partial charge in [0.25, 0.3) is 0 Å². The first-order chi connectivity index (χ1) is 8.32. The van der Waals surface area contributed by atoms with E-state index >= 15 is 0 Å². The van der Waals surface area contributed by atoms with E-state index in [0.29, 0.717) is 0 Å². The van der Waals surface area contributed by atoms with Gasteiger partial charge in [0, 0.05) is 11.6 Å². The number of phenolic OH excluding ortho intramolecular Hbond substituents is 1. The molecule has 2 atom stereocenters. The fourth-order valence-corrected chi connectivity index (χ4v) is 1.98. The minimum Gasteiger partial charge on any atom is -0.508 e. The molecule has 0 saturated heterocycles. The zero-order valence-electron chi connectivity index (χ0n) is 11.4. The van der Waals surface area contributed by atoms with Gasteiger partial charge in [-0.1, -0.05) is 31.5 Å². The van der Waals surface area contributed by atoms with Gasteiger partial charge in [0.15, 0.2) is 0 Å². The molecule has 0 aliphatic heterocycles. The molecule has 0 aliphatic carbocycles. The molecular formula is C14H22N2O2. The smallest absolute Gasteiger partial charge is 0.234 e. The lowest BCUT2D eigenvalue weighted by molar-refractivity contribution is -0.121. The fourth-order valence-electron chi connectivity index (χ4n) is 1.98. The maximum absolute atomic E-state index is 11.4. The highest BCUT2D eigenvalue weighted by atomic mass is 16.3. The van der Waals surface area contributed by atoms with E-state index in [1.165, 1.54) is 0 Å². The SMILES string of the molecule is Cc1ccc(O)c(C(C)NC(C(N)=O)C(C)C)c1. The second-order valence-electron chi connectivity index (χ2n) is 5.07. The molecule has 1 rings (SSSR count). The summed E-state index contributed by atoms with van der Waals surface area (Å²) in [5, 5.41) is 13.0. The van der Waals surface area contributed by atoms with E-state index in [1.54, 1.807) is 6.07 Å². The van der Waals surface area contributed by atoms with Gasteiger partial charge in [0.1, 0.15) is 5.75 Å². The molecule has 0 spiro atoms. The van der Waals surface area contributed by atoms with Gasteiger partial charge < -0.3 is 10.8 Å². The van der Waals surface area contributed by atoms with Crippen LogP contribution in [0.5, 0.6) is 5.75 Å². The van der Waals surface area contributed by atoms with Crippen LogP contribution < -0.4 is 11.1 Å². The monoisotopic (exact) mass is 250 g/mol. The molecule has 0 fully saturated rings. The molecule has 0 aromatic heterocycles. The summed E-state index contributed by atoms with van der Waals surface area (Å²) in [4.78, 5) is 11.4. The number of primary amides is 1. The van der Waals surface area contributed by atoms with Gasteiger partial charge in [-0.3, -0.25) is 10.1 Å². The first-order valence-corrected chi connectivity index (χ1v) is 6.17. The number of aryl methyl sites for hydroxylation is 1. The highest BCUT2D eigenvalue weighted by Gasteiger charge is 2.22. The molecule has 1 aromatic rings. The zero-order chi connectivity index (χ0) is 13.9. The third-order valence-corrected chi connectivity index (χ3v) is 3.05. The maximum atomic E-state index is 11.4. The molecule has 4 nitrogen and oxygen atoms in total. The molecule has 1 amide bonds. The lowest BCUT2D eigenvalue weighted by Gasteiger charge is -2.24. The predicted octanol–water partition coefficient (Wildman–Crippen LogP) is 1.86. The van der Waals surface area contributed by atoms with Crippen molar-refractivity contribution in [2.75, 3.05) is 0 Å². The number of aromatic hydroxyl groups is 1. The minimum atomic E-state index is -0.403. The highest BCUT2D eigenvalue weighted by molar-refractivity contribution is 5.80. The summed E-state index contributed by atoms with van der Waals surface area (Å²) in [5.41, 5.74) is 7.21. The normalized spacial score (nSPS) is 14.5. The molecule has 0 saturated carbocycles. The Morgan fingerprint density at radius 3 is 2.44 bits per heavy atom. The van der Waals surface area contributed by atoms with Crippen molar-refractivity contribution in [3.05, 3.63) is 29.3 Å². The van der Waals surface area contributed by atoms with Crippen molar-refractivity contribution in [2.24, 2.45) is 11.7 Å². The molecule has 18 heavy (non-hydrogen) atoms. The average Bonchev–Trinajstić information content (AvgIpc) is 2.28. The molecule has 4 heteroatoms. The van der Waals surface area contributed by atoms with Crippen LogP contribution >= 0.6 is 0 Å². The van der Waals surface area contributed by atoms with Crippen molar-refractivity contribution in [3.8, 4) is 5.75 Å². The van der Waals surface area contributed by atoms with Gasteiger partial charge in [-0.25, -0.2) is 0 Å². The van der Waals surface area contributed by atoms with Crippen molar-refractivity contribution in [3.63, 3.8) is 0 Å². The summed E-state index contributed by atoms with van der Waals surface area (Å²) in [7, 11) is 0. The number of rotatable bonds is 5. The number of phenols is 1. The Kier molecular flexibility index (Phi) is 4.73.